The SMILES string of the molecule is CNC1(CC(=O)O)CCCOC1. The first kappa shape index (κ1) is 9.48. The van der Waals surface area contributed by atoms with E-state index >= 15 is 0 Å². The summed E-state index contributed by atoms with van der Waals surface area (Å²) in [5.41, 5.74) is -0.329. The zero-order chi connectivity index (χ0) is 9.03. The molecule has 70 valence electrons. The Morgan fingerprint density at radius 2 is 2.50 bits per heavy atom. The lowest BCUT2D eigenvalue weighted by molar-refractivity contribution is -0.140. The quantitative estimate of drug-likeness (QED) is 0.641. The standard InChI is InChI=1S/C8H15NO3/c1-9-8(5-7(10)11)3-2-4-12-6-8/h9H,2-6H2,1H3,(H,10,11). The molecule has 1 aliphatic rings. The third-order valence-corrected chi connectivity index (χ3v) is 2.34. The monoisotopic (exact) mass is 173 g/mol. The maximum atomic E-state index is 10.5. The van der Waals surface area contributed by atoms with Crippen LogP contribution < -0.4 is 5.32 Å². The molecule has 1 fully saturated rings. The van der Waals surface area contributed by atoms with Crippen molar-refractivity contribution in [2.45, 2.75) is 24.8 Å². The maximum Gasteiger partial charge on any atom is 0.305 e. The van der Waals surface area contributed by atoms with Crippen molar-refractivity contribution in [2.75, 3.05) is 20.3 Å². The van der Waals surface area contributed by atoms with Gasteiger partial charge in [-0.2, -0.15) is 0 Å². The summed E-state index contributed by atoms with van der Waals surface area (Å²) in [6.07, 6.45) is 1.97. The smallest absolute Gasteiger partial charge is 0.305 e. The van der Waals surface area contributed by atoms with Gasteiger partial charge in [0.1, 0.15) is 0 Å². The number of aliphatic carboxylic acids is 1. The minimum Gasteiger partial charge on any atom is -0.481 e. The molecule has 4 heteroatoms. The molecule has 1 saturated heterocycles. The molecule has 0 aromatic heterocycles. The van der Waals surface area contributed by atoms with Crippen LogP contribution in [0.5, 0.6) is 0 Å². The fourth-order valence-electron chi connectivity index (χ4n) is 1.57. The second-order valence-electron chi connectivity index (χ2n) is 3.26. The molecule has 2 N–H and O–H groups in total. The Labute approximate surface area is 71.9 Å². The van der Waals surface area contributed by atoms with Crippen molar-refractivity contribution in [3.63, 3.8) is 0 Å². The predicted octanol–water partition coefficient (Wildman–Crippen LogP) is 0.230. The summed E-state index contributed by atoms with van der Waals surface area (Å²) in [5.74, 6) is -0.769. The summed E-state index contributed by atoms with van der Waals surface area (Å²) < 4.78 is 5.25. The second kappa shape index (κ2) is 3.87. The van der Waals surface area contributed by atoms with Crippen LogP contribution in [0.1, 0.15) is 19.3 Å². The van der Waals surface area contributed by atoms with E-state index in [9.17, 15) is 4.79 Å². The zero-order valence-electron chi connectivity index (χ0n) is 7.30. The number of likely N-dealkylation sites (N-methyl/N-ethyl adjacent to an activating group) is 1. The minimum absolute atomic E-state index is 0.142. The molecule has 1 unspecified atom stereocenters. The number of hydrogen-bond donors (Lipinski definition) is 2. The molecule has 12 heavy (non-hydrogen) atoms. The summed E-state index contributed by atoms with van der Waals surface area (Å²) in [4.78, 5) is 10.5. The minimum atomic E-state index is -0.769. The number of rotatable bonds is 3. The van der Waals surface area contributed by atoms with Crippen molar-refractivity contribution >= 4 is 5.97 Å². The summed E-state index contributed by atoms with van der Waals surface area (Å²) in [6.45, 7) is 1.26. The molecule has 0 spiro atoms. The summed E-state index contributed by atoms with van der Waals surface area (Å²) in [7, 11) is 1.79. The summed E-state index contributed by atoms with van der Waals surface area (Å²) >= 11 is 0. The highest BCUT2D eigenvalue weighted by Crippen LogP contribution is 2.22. The van der Waals surface area contributed by atoms with Gasteiger partial charge in [0.05, 0.1) is 18.6 Å². The summed E-state index contributed by atoms with van der Waals surface area (Å²) in [6, 6.07) is 0. The van der Waals surface area contributed by atoms with E-state index in [1.54, 1.807) is 7.05 Å². The predicted molar refractivity (Wildman–Crippen MR) is 44.1 cm³/mol. The van der Waals surface area contributed by atoms with Gasteiger partial charge in [-0.25, -0.2) is 0 Å². The summed E-state index contributed by atoms with van der Waals surface area (Å²) in [5, 5.41) is 11.7. The Morgan fingerprint density at radius 3 is 2.92 bits per heavy atom. The third kappa shape index (κ3) is 2.19. The molecule has 1 aliphatic heterocycles. The van der Waals surface area contributed by atoms with E-state index in [0.29, 0.717) is 6.61 Å². The molecule has 1 rings (SSSR count). The molecule has 0 radical (unpaired) electrons. The Hall–Kier alpha value is -0.610. The van der Waals surface area contributed by atoms with Crippen LogP contribution in [-0.2, 0) is 9.53 Å². The molecule has 1 heterocycles. The lowest BCUT2D eigenvalue weighted by Gasteiger charge is -2.35. The lowest BCUT2D eigenvalue weighted by Crippen LogP contribution is -2.51. The van der Waals surface area contributed by atoms with E-state index in [4.69, 9.17) is 9.84 Å². The Morgan fingerprint density at radius 1 is 1.75 bits per heavy atom. The van der Waals surface area contributed by atoms with Gasteiger partial charge < -0.3 is 15.2 Å². The highest BCUT2D eigenvalue weighted by Gasteiger charge is 2.33. The number of carboxylic acids is 1. The molecule has 0 aromatic carbocycles. The van der Waals surface area contributed by atoms with Gasteiger partial charge in [-0.15, -0.1) is 0 Å². The van der Waals surface area contributed by atoms with Crippen molar-refractivity contribution in [3.05, 3.63) is 0 Å². The largest absolute Gasteiger partial charge is 0.481 e. The van der Waals surface area contributed by atoms with Gasteiger partial charge in [0, 0.05) is 6.61 Å². The van der Waals surface area contributed by atoms with Gasteiger partial charge >= 0.3 is 5.97 Å². The van der Waals surface area contributed by atoms with Gasteiger partial charge in [-0.3, -0.25) is 4.79 Å². The van der Waals surface area contributed by atoms with E-state index in [1.165, 1.54) is 0 Å². The maximum absolute atomic E-state index is 10.5. The van der Waals surface area contributed by atoms with Crippen LogP contribution in [0.3, 0.4) is 0 Å². The van der Waals surface area contributed by atoms with E-state index in [1.807, 2.05) is 0 Å². The van der Waals surface area contributed by atoms with E-state index in [2.05, 4.69) is 5.32 Å². The van der Waals surface area contributed by atoms with Crippen LogP contribution in [0.4, 0.5) is 0 Å². The van der Waals surface area contributed by atoms with Gasteiger partial charge in [-0.05, 0) is 19.9 Å². The Balaban J connectivity index is 2.53. The first-order chi connectivity index (χ1) is 5.68. The van der Waals surface area contributed by atoms with Crippen LogP contribution in [0.15, 0.2) is 0 Å². The van der Waals surface area contributed by atoms with Crippen LogP contribution in [0.25, 0.3) is 0 Å². The van der Waals surface area contributed by atoms with Crippen LogP contribution in [-0.4, -0.2) is 36.9 Å². The molecule has 0 saturated carbocycles. The fourth-order valence-corrected chi connectivity index (χ4v) is 1.57. The molecule has 1 atom stereocenters. The number of hydrogen-bond acceptors (Lipinski definition) is 3. The number of carbonyl (C=O) groups is 1. The van der Waals surface area contributed by atoms with Crippen LogP contribution in [0.2, 0.25) is 0 Å². The van der Waals surface area contributed by atoms with Crippen molar-refractivity contribution in [1.82, 2.24) is 5.32 Å². The second-order valence-corrected chi connectivity index (χ2v) is 3.26. The van der Waals surface area contributed by atoms with Crippen molar-refractivity contribution in [3.8, 4) is 0 Å². The van der Waals surface area contributed by atoms with Crippen molar-refractivity contribution in [1.29, 1.82) is 0 Å². The Kier molecular flexibility index (Phi) is 3.05. The van der Waals surface area contributed by atoms with Crippen LogP contribution in [0, 0.1) is 0 Å². The van der Waals surface area contributed by atoms with E-state index in [-0.39, 0.29) is 12.0 Å². The molecule has 4 nitrogen and oxygen atoms in total. The molecule has 0 aromatic rings. The molecular formula is C8H15NO3. The number of carboxylic acid groups (broad SMARTS) is 1. The first-order valence-electron chi connectivity index (χ1n) is 4.17. The van der Waals surface area contributed by atoms with Crippen LogP contribution >= 0.6 is 0 Å². The highest BCUT2D eigenvalue weighted by atomic mass is 16.5. The lowest BCUT2D eigenvalue weighted by atomic mass is 9.89. The highest BCUT2D eigenvalue weighted by molar-refractivity contribution is 5.68. The normalized spacial score (nSPS) is 30.1. The Bertz CT molecular complexity index is 164. The number of ether oxygens (including phenoxy) is 1. The number of nitrogens with one attached hydrogen (secondary N) is 1. The first-order valence-corrected chi connectivity index (χ1v) is 4.17. The van der Waals surface area contributed by atoms with Gasteiger partial charge in [0.2, 0.25) is 0 Å². The topological polar surface area (TPSA) is 58.6 Å². The van der Waals surface area contributed by atoms with Crippen molar-refractivity contribution in [2.24, 2.45) is 0 Å². The van der Waals surface area contributed by atoms with Gasteiger partial charge in [0.15, 0.2) is 0 Å². The van der Waals surface area contributed by atoms with Gasteiger partial charge in [0.25, 0.3) is 0 Å². The average Bonchev–Trinajstić information content (AvgIpc) is 2.05. The average molecular weight is 173 g/mol. The zero-order valence-corrected chi connectivity index (χ0v) is 7.30. The third-order valence-electron chi connectivity index (χ3n) is 2.34. The van der Waals surface area contributed by atoms with Gasteiger partial charge in [-0.1, -0.05) is 0 Å². The van der Waals surface area contributed by atoms with E-state index < -0.39 is 5.97 Å². The van der Waals surface area contributed by atoms with Crippen molar-refractivity contribution < 1.29 is 14.6 Å². The molecule has 0 bridgehead atoms. The molecular weight excluding hydrogens is 158 g/mol. The molecule has 0 amide bonds. The molecule has 0 aliphatic carbocycles. The van der Waals surface area contributed by atoms with E-state index in [0.717, 1.165) is 19.4 Å². The fraction of sp³-hybridized carbons (Fsp3) is 0.875.